The van der Waals surface area contributed by atoms with Crippen LogP contribution in [0.3, 0.4) is 0 Å². The first kappa shape index (κ1) is 20.9. The summed E-state index contributed by atoms with van der Waals surface area (Å²) in [5, 5.41) is 11.4. The van der Waals surface area contributed by atoms with E-state index < -0.39 is 34.7 Å². The lowest BCUT2D eigenvalue weighted by Gasteiger charge is -2.42. The highest BCUT2D eigenvalue weighted by atomic mass is 16.7. The van der Waals surface area contributed by atoms with Crippen LogP contribution in [0.5, 0.6) is 0 Å². The minimum Gasteiger partial charge on any atom is -0.459 e. The van der Waals surface area contributed by atoms with Gasteiger partial charge in [0.2, 0.25) is 5.79 Å². The van der Waals surface area contributed by atoms with Gasteiger partial charge >= 0.3 is 11.9 Å². The van der Waals surface area contributed by atoms with Crippen molar-refractivity contribution in [2.45, 2.75) is 95.1 Å². The quantitative estimate of drug-likeness (QED) is 0.406. The van der Waals surface area contributed by atoms with Crippen molar-refractivity contribution >= 4 is 11.9 Å². The summed E-state index contributed by atoms with van der Waals surface area (Å²) >= 11 is 0. The molecule has 3 aliphatic heterocycles. The number of esters is 2. The van der Waals surface area contributed by atoms with Crippen LogP contribution in [0.15, 0.2) is 23.3 Å². The Morgan fingerprint density at radius 2 is 2.09 bits per heavy atom. The van der Waals surface area contributed by atoms with Crippen molar-refractivity contribution in [2.24, 2.45) is 23.7 Å². The van der Waals surface area contributed by atoms with Crippen molar-refractivity contribution in [3.05, 3.63) is 23.3 Å². The van der Waals surface area contributed by atoms with Crippen molar-refractivity contribution in [3.8, 4) is 0 Å². The number of ether oxygens (including phenoxy) is 4. The summed E-state index contributed by atoms with van der Waals surface area (Å²) in [5.74, 6) is -3.00. The number of carbonyl (C=O) groups is 2. The maximum Gasteiger partial charge on any atom is 0.336 e. The summed E-state index contributed by atoms with van der Waals surface area (Å²) in [4.78, 5) is 25.4. The van der Waals surface area contributed by atoms with Gasteiger partial charge in [-0.15, -0.1) is 0 Å². The summed E-state index contributed by atoms with van der Waals surface area (Å²) in [6.07, 6.45) is 1.60. The van der Waals surface area contributed by atoms with E-state index in [9.17, 15) is 14.7 Å². The Balaban J connectivity index is 1.50. The Hall–Kier alpha value is -1.70. The van der Waals surface area contributed by atoms with Gasteiger partial charge in [0, 0.05) is 29.4 Å². The van der Waals surface area contributed by atoms with E-state index in [1.165, 1.54) is 0 Å². The molecule has 0 aromatic rings. The zero-order valence-electron chi connectivity index (χ0n) is 19.4. The van der Waals surface area contributed by atoms with Gasteiger partial charge in [0.05, 0.1) is 5.92 Å². The number of aliphatic hydroxyl groups is 1. The van der Waals surface area contributed by atoms with Gasteiger partial charge in [-0.1, -0.05) is 32.9 Å². The molecule has 0 aromatic carbocycles. The monoisotopic (exact) mass is 444 g/mol. The zero-order chi connectivity index (χ0) is 23.0. The predicted molar refractivity (Wildman–Crippen MR) is 112 cm³/mol. The molecule has 7 nitrogen and oxygen atoms in total. The van der Waals surface area contributed by atoms with Gasteiger partial charge in [-0.25, -0.2) is 4.79 Å². The van der Waals surface area contributed by atoms with Crippen LogP contribution in [0.4, 0.5) is 0 Å². The van der Waals surface area contributed by atoms with Crippen LogP contribution < -0.4 is 0 Å². The maximum atomic E-state index is 12.9. The van der Waals surface area contributed by atoms with Crippen molar-refractivity contribution in [1.82, 2.24) is 0 Å². The van der Waals surface area contributed by atoms with Crippen LogP contribution in [0.2, 0.25) is 0 Å². The van der Waals surface area contributed by atoms with Gasteiger partial charge in [0.25, 0.3) is 0 Å². The third kappa shape index (κ3) is 2.10. The number of hydrogen-bond acceptors (Lipinski definition) is 7. The Bertz CT molecular complexity index is 1000. The molecule has 3 saturated carbocycles. The molecule has 174 valence electrons. The smallest absolute Gasteiger partial charge is 0.336 e. The van der Waals surface area contributed by atoms with E-state index in [-0.39, 0.29) is 42.2 Å². The lowest BCUT2D eigenvalue weighted by molar-refractivity contribution is -0.185. The van der Waals surface area contributed by atoms with Crippen LogP contribution in [0, 0.1) is 23.7 Å². The second-order valence-corrected chi connectivity index (χ2v) is 11.1. The summed E-state index contributed by atoms with van der Waals surface area (Å²) in [7, 11) is 0. The van der Waals surface area contributed by atoms with Crippen molar-refractivity contribution in [1.29, 1.82) is 0 Å². The standard InChI is InChI=1S/C25H32O7/c1-7-11(2)19(26)29-18-13(4)10-23-21-22(6,31-21)17-15(25(18,23)32-23)12(3)8-9-24(28)16(17)14(5)20(27)30-24/h11,13,15,17-18,21,28H,3,7-10H2,1-2,4-6H3/t11-,13+,15+,17-,18+,21-,22-,23-,24-,25-/m0/s1. The highest BCUT2D eigenvalue weighted by molar-refractivity contribution is 5.92. The Kier molecular flexibility index (Phi) is 3.82. The third-order valence-corrected chi connectivity index (χ3v) is 9.39. The number of rotatable bonds is 3. The minimum atomic E-state index is -1.65. The lowest BCUT2D eigenvalue weighted by Crippen LogP contribution is -2.56. The van der Waals surface area contributed by atoms with Crippen LogP contribution in [0.1, 0.15) is 60.3 Å². The minimum absolute atomic E-state index is 0.107. The SMILES string of the molecule is C=C1CC[C@]2(O)OC(=O)C(C)=C2[C@@H]2[C@@H]1[C@@]13O[C@@]1(C[C@@H](C)[C@H]3OC(=O)[C@@H](C)CC)[C@H]1O[C@@]21C. The molecule has 0 radical (unpaired) electrons. The zero-order valence-corrected chi connectivity index (χ0v) is 19.4. The summed E-state index contributed by atoms with van der Waals surface area (Å²) in [5.41, 5.74) is 0.113. The van der Waals surface area contributed by atoms with Gasteiger partial charge in [0.1, 0.15) is 29.0 Å². The number of hydrogen-bond donors (Lipinski definition) is 1. The Morgan fingerprint density at radius 1 is 1.38 bits per heavy atom. The molecule has 10 atom stereocenters. The molecule has 0 spiro atoms. The molecule has 0 aromatic heterocycles. The normalized spacial score (nSPS) is 53.2. The maximum absolute atomic E-state index is 12.9. The van der Waals surface area contributed by atoms with E-state index in [2.05, 4.69) is 13.5 Å². The molecule has 0 unspecified atom stereocenters. The summed E-state index contributed by atoms with van der Waals surface area (Å²) in [6, 6.07) is 0. The van der Waals surface area contributed by atoms with E-state index in [0.29, 0.717) is 24.0 Å². The molecule has 0 amide bonds. The second-order valence-electron chi connectivity index (χ2n) is 11.1. The molecular weight excluding hydrogens is 412 g/mol. The molecule has 5 fully saturated rings. The van der Waals surface area contributed by atoms with Crippen molar-refractivity contribution in [2.75, 3.05) is 0 Å². The van der Waals surface area contributed by atoms with Crippen LogP contribution in [0.25, 0.3) is 0 Å². The molecule has 6 rings (SSSR count). The van der Waals surface area contributed by atoms with Crippen molar-refractivity contribution < 1.29 is 33.6 Å². The third-order valence-electron chi connectivity index (χ3n) is 9.39. The molecule has 7 heteroatoms. The highest BCUT2D eigenvalue weighted by Crippen LogP contribution is 2.81. The molecule has 3 heterocycles. The van der Waals surface area contributed by atoms with E-state index in [1.807, 2.05) is 20.8 Å². The fourth-order valence-corrected chi connectivity index (χ4v) is 7.69. The molecule has 2 saturated heterocycles. The Morgan fingerprint density at radius 3 is 2.78 bits per heavy atom. The molecule has 0 bridgehead atoms. The van der Waals surface area contributed by atoms with Gasteiger partial charge in [-0.2, -0.15) is 0 Å². The molecule has 3 aliphatic carbocycles. The number of epoxide rings is 2. The highest BCUT2D eigenvalue weighted by Gasteiger charge is 2.96. The van der Waals surface area contributed by atoms with Gasteiger partial charge in [-0.3, -0.25) is 4.79 Å². The number of carbonyl (C=O) groups excluding carboxylic acids is 2. The Labute approximate surface area is 188 Å². The van der Waals surface area contributed by atoms with E-state index in [1.54, 1.807) is 6.92 Å². The number of fused-ring (bicyclic) bond motifs is 5. The predicted octanol–water partition coefficient (Wildman–Crippen LogP) is 2.81. The van der Waals surface area contributed by atoms with E-state index in [0.717, 1.165) is 12.0 Å². The van der Waals surface area contributed by atoms with Gasteiger partial charge in [-0.05, 0) is 39.0 Å². The fourth-order valence-electron chi connectivity index (χ4n) is 7.69. The average Bonchev–Trinajstić information content (AvgIpc) is 3.58. The van der Waals surface area contributed by atoms with E-state index in [4.69, 9.17) is 18.9 Å². The summed E-state index contributed by atoms with van der Waals surface area (Å²) < 4.78 is 24.7. The molecule has 6 aliphatic rings. The first-order valence-corrected chi connectivity index (χ1v) is 11.9. The largest absolute Gasteiger partial charge is 0.459 e. The first-order chi connectivity index (χ1) is 15.0. The average molecular weight is 445 g/mol. The van der Waals surface area contributed by atoms with Crippen LogP contribution in [-0.4, -0.2) is 51.8 Å². The van der Waals surface area contributed by atoms with E-state index >= 15 is 0 Å². The topological polar surface area (TPSA) is 97.9 Å². The molecular formula is C25H32O7. The van der Waals surface area contributed by atoms with Crippen molar-refractivity contribution in [3.63, 3.8) is 0 Å². The lowest BCUT2D eigenvalue weighted by atomic mass is 9.58. The van der Waals surface area contributed by atoms with Gasteiger partial charge in [0.15, 0.2) is 0 Å². The molecule has 32 heavy (non-hydrogen) atoms. The first-order valence-electron chi connectivity index (χ1n) is 11.9. The summed E-state index contributed by atoms with van der Waals surface area (Å²) in [6.45, 7) is 14.1. The van der Waals surface area contributed by atoms with Crippen LogP contribution in [-0.2, 0) is 28.5 Å². The molecule has 1 N–H and O–H groups in total. The second kappa shape index (κ2) is 5.86. The fraction of sp³-hybridized carbons (Fsp3) is 0.760. The van der Waals surface area contributed by atoms with Crippen LogP contribution >= 0.6 is 0 Å². The van der Waals surface area contributed by atoms with Gasteiger partial charge < -0.3 is 24.1 Å².